The van der Waals surface area contributed by atoms with Crippen LogP contribution in [-0.4, -0.2) is 23.0 Å². The van der Waals surface area contributed by atoms with Crippen molar-refractivity contribution >= 4 is 18.0 Å². The van der Waals surface area contributed by atoms with E-state index in [1.165, 1.54) is 22.3 Å². The molecule has 2 aliphatic rings. The molecule has 6 nitrogen and oxygen atoms in total. The van der Waals surface area contributed by atoms with Gasteiger partial charge in [-0.05, 0) is 34.2 Å². The molecular formula is C19H15NO5. The summed E-state index contributed by atoms with van der Waals surface area (Å²) in [4.78, 5) is 39.2. The third-order valence-corrected chi connectivity index (χ3v) is 4.39. The van der Waals surface area contributed by atoms with Crippen molar-refractivity contribution in [2.75, 3.05) is 0 Å². The van der Waals surface area contributed by atoms with E-state index in [4.69, 9.17) is 4.74 Å². The molecule has 4 rings (SSSR count). The standard InChI is InChI=1S/C19H15NO5/c21-17-7-8-18(22)20(17)25-19(23)24-11-12-5-6-16-14(9-12)10-13-3-1-2-4-15(13)16/h1-6,9H,7-8,10-11H2. The van der Waals surface area contributed by atoms with E-state index in [0.717, 1.165) is 12.0 Å². The first-order valence-corrected chi connectivity index (χ1v) is 8.02. The van der Waals surface area contributed by atoms with Crippen molar-refractivity contribution in [2.45, 2.75) is 25.9 Å². The Hall–Kier alpha value is -3.15. The number of nitrogens with zero attached hydrogens (tertiary/aromatic N) is 1. The lowest BCUT2D eigenvalue weighted by atomic mass is 10.0. The number of hydrogen-bond acceptors (Lipinski definition) is 5. The second kappa shape index (κ2) is 6.05. The highest BCUT2D eigenvalue weighted by atomic mass is 16.8. The Morgan fingerprint density at radius 2 is 1.68 bits per heavy atom. The molecule has 2 amide bonds. The topological polar surface area (TPSA) is 72.9 Å². The number of fused-ring (bicyclic) bond motifs is 3. The Bertz CT molecular complexity index is 873. The normalized spacial score (nSPS) is 15.1. The van der Waals surface area contributed by atoms with E-state index < -0.39 is 18.0 Å². The molecule has 0 saturated carbocycles. The van der Waals surface area contributed by atoms with Gasteiger partial charge in [0.15, 0.2) is 0 Å². The quantitative estimate of drug-likeness (QED) is 0.543. The highest BCUT2D eigenvalue weighted by Crippen LogP contribution is 2.36. The third kappa shape index (κ3) is 2.87. The van der Waals surface area contributed by atoms with Gasteiger partial charge in [-0.15, -0.1) is 0 Å². The van der Waals surface area contributed by atoms with Crippen molar-refractivity contribution in [3.8, 4) is 11.1 Å². The van der Waals surface area contributed by atoms with Gasteiger partial charge in [0, 0.05) is 12.8 Å². The molecule has 0 spiro atoms. The zero-order valence-electron chi connectivity index (χ0n) is 13.4. The molecule has 0 unspecified atom stereocenters. The lowest BCUT2D eigenvalue weighted by molar-refractivity contribution is -0.177. The number of hydrogen-bond donors (Lipinski definition) is 0. The molecule has 0 radical (unpaired) electrons. The van der Waals surface area contributed by atoms with Crippen LogP contribution in [0.5, 0.6) is 0 Å². The summed E-state index contributed by atoms with van der Waals surface area (Å²) in [6.45, 7) is 0.0126. The molecule has 2 aromatic carbocycles. The van der Waals surface area contributed by atoms with Crippen LogP contribution in [0.1, 0.15) is 29.5 Å². The molecule has 6 heteroatoms. The number of carbonyl (C=O) groups is 3. The Kier molecular flexibility index (Phi) is 3.72. The lowest BCUT2D eigenvalue weighted by Gasteiger charge is -2.12. The number of imide groups is 1. The zero-order valence-corrected chi connectivity index (χ0v) is 13.4. The third-order valence-electron chi connectivity index (χ3n) is 4.39. The molecule has 2 aromatic rings. The van der Waals surface area contributed by atoms with E-state index in [1.807, 2.05) is 30.3 Å². The van der Waals surface area contributed by atoms with Gasteiger partial charge in [-0.25, -0.2) is 4.79 Å². The van der Waals surface area contributed by atoms with Crippen molar-refractivity contribution in [1.29, 1.82) is 0 Å². The summed E-state index contributed by atoms with van der Waals surface area (Å²) < 4.78 is 5.02. The van der Waals surface area contributed by atoms with Crippen LogP contribution in [0.3, 0.4) is 0 Å². The summed E-state index contributed by atoms with van der Waals surface area (Å²) in [5.74, 6) is -1.06. The van der Waals surface area contributed by atoms with Crippen LogP contribution < -0.4 is 0 Å². The van der Waals surface area contributed by atoms with Crippen molar-refractivity contribution in [3.05, 3.63) is 59.2 Å². The van der Waals surface area contributed by atoms with Crippen LogP contribution in [0.2, 0.25) is 0 Å². The number of ether oxygens (including phenoxy) is 1. The molecule has 126 valence electrons. The van der Waals surface area contributed by atoms with Gasteiger partial charge in [0.2, 0.25) is 0 Å². The summed E-state index contributed by atoms with van der Waals surface area (Å²) in [5.41, 5.74) is 5.70. The summed E-state index contributed by atoms with van der Waals surface area (Å²) in [7, 11) is 0. The predicted molar refractivity (Wildman–Crippen MR) is 87.0 cm³/mol. The minimum atomic E-state index is -1.06. The molecule has 1 aliphatic carbocycles. The Balaban J connectivity index is 1.40. The number of rotatable bonds is 3. The van der Waals surface area contributed by atoms with Crippen molar-refractivity contribution in [1.82, 2.24) is 5.06 Å². The zero-order chi connectivity index (χ0) is 17.4. The van der Waals surface area contributed by atoms with Gasteiger partial charge in [0.05, 0.1) is 0 Å². The van der Waals surface area contributed by atoms with Gasteiger partial charge >= 0.3 is 6.16 Å². The van der Waals surface area contributed by atoms with Gasteiger partial charge in [0.1, 0.15) is 6.61 Å². The minimum absolute atomic E-state index is 0.0126. The first-order valence-electron chi connectivity index (χ1n) is 8.02. The number of benzene rings is 2. The van der Waals surface area contributed by atoms with Gasteiger partial charge in [-0.2, -0.15) is 0 Å². The number of amides is 2. The van der Waals surface area contributed by atoms with Crippen LogP contribution in [0, 0.1) is 0 Å². The predicted octanol–water partition coefficient (Wildman–Crippen LogP) is 2.98. The molecule has 1 saturated heterocycles. The van der Waals surface area contributed by atoms with E-state index >= 15 is 0 Å². The SMILES string of the molecule is O=C(OCc1ccc2c(c1)Cc1ccccc1-2)ON1C(=O)CCC1=O. The molecule has 1 aliphatic heterocycles. The van der Waals surface area contributed by atoms with Gasteiger partial charge in [-0.3, -0.25) is 14.4 Å². The lowest BCUT2D eigenvalue weighted by Crippen LogP contribution is -2.32. The van der Waals surface area contributed by atoms with Crippen molar-refractivity contribution in [3.63, 3.8) is 0 Å². The fraction of sp³-hybridized carbons (Fsp3) is 0.211. The molecule has 0 N–H and O–H groups in total. The highest BCUT2D eigenvalue weighted by Gasteiger charge is 2.33. The minimum Gasteiger partial charge on any atom is -0.428 e. The summed E-state index contributed by atoms with van der Waals surface area (Å²) in [5, 5.41) is 0.474. The Morgan fingerprint density at radius 1 is 0.960 bits per heavy atom. The average molecular weight is 337 g/mol. The van der Waals surface area contributed by atoms with Crippen LogP contribution in [0.4, 0.5) is 4.79 Å². The molecule has 1 heterocycles. The van der Waals surface area contributed by atoms with Crippen LogP contribution >= 0.6 is 0 Å². The van der Waals surface area contributed by atoms with Gasteiger partial charge in [0.25, 0.3) is 11.8 Å². The second-order valence-corrected chi connectivity index (χ2v) is 6.04. The number of hydroxylamine groups is 2. The van der Waals surface area contributed by atoms with Crippen LogP contribution in [0.15, 0.2) is 42.5 Å². The monoisotopic (exact) mass is 337 g/mol. The molecular weight excluding hydrogens is 322 g/mol. The fourth-order valence-corrected chi connectivity index (χ4v) is 3.19. The summed E-state index contributed by atoms with van der Waals surface area (Å²) in [6, 6.07) is 14.1. The fourth-order valence-electron chi connectivity index (χ4n) is 3.19. The van der Waals surface area contributed by atoms with E-state index in [1.54, 1.807) is 0 Å². The largest absolute Gasteiger partial charge is 0.534 e. The van der Waals surface area contributed by atoms with Crippen molar-refractivity contribution < 1.29 is 24.0 Å². The Labute approximate surface area is 143 Å². The first-order chi connectivity index (χ1) is 12.1. The highest BCUT2D eigenvalue weighted by molar-refractivity contribution is 6.01. The maximum Gasteiger partial charge on any atom is 0.534 e. The molecule has 0 bridgehead atoms. The second-order valence-electron chi connectivity index (χ2n) is 6.04. The van der Waals surface area contributed by atoms with Gasteiger partial charge < -0.3 is 4.74 Å². The molecule has 0 atom stereocenters. The van der Waals surface area contributed by atoms with Crippen LogP contribution in [0.25, 0.3) is 11.1 Å². The molecule has 0 aromatic heterocycles. The molecule has 25 heavy (non-hydrogen) atoms. The van der Waals surface area contributed by atoms with E-state index in [2.05, 4.69) is 17.0 Å². The summed E-state index contributed by atoms with van der Waals surface area (Å²) in [6.07, 6.45) is -0.109. The first kappa shape index (κ1) is 15.4. The maximum absolute atomic E-state index is 11.7. The van der Waals surface area contributed by atoms with E-state index in [0.29, 0.717) is 5.06 Å². The Morgan fingerprint density at radius 3 is 2.48 bits per heavy atom. The van der Waals surface area contributed by atoms with E-state index in [9.17, 15) is 14.4 Å². The maximum atomic E-state index is 11.7. The molecule has 1 fully saturated rings. The smallest absolute Gasteiger partial charge is 0.428 e. The van der Waals surface area contributed by atoms with E-state index in [-0.39, 0.29) is 19.4 Å². The van der Waals surface area contributed by atoms with Gasteiger partial charge in [-0.1, -0.05) is 47.5 Å². The van der Waals surface area contributed by atoms with Crippen molar-refractivity contribution in [2.24, 2.45) is 0 Å². The average Bonchev–Trinajstić information content (AvgIpc) is 3.14. The summed E-state index contributed by atoms with van der Waals surface area (Å²) >= 11 is 0. The van der Waals surface area contributed by atoms with Crippen LogP contribution in [-0.2, 0) is 32.2 Å². The number of carbonyl (C=O) groups excluding carboxylic acids is 3.